The third-order valence-corrected chi connectivity index (χ3v) is 3.02. The lowest BCUT2D eigenvalue weighted by Crippen LogP contribution is -2.07. The van der Waals surface area contributed by atoms with E-state index in [1.54, 1.807) is 0 Å². The molecule has 0 amide bonds. The molecule has 0 radical (unpaired) electrons. The van der Waals surface area contributed by atoms with E-state index in [2.05, 4.69) is 10.3 Å². The molecular formula is C15H16F3N3. The molecule has 1 aromatic heterocycles. The molecule has 1 aromatic carbocycles. The molecule has 3 nitrogen and oxygen atoms in total. The van der Waals surface area contributed by atoms with Gasteiger partial charge in [-0.25, -0.2) is 4.98 Å². The Morgan fingerprint density at radius 1 is 1.00 bits per heavy atom. The monoisotopic (exact) mass is 295 g/mol. The quantitative estimate of drug-likeness (QED) is 0.890. The van der Waals surface area contributed by atoms with Crippen LogP contribution in [0.2, 0.25) is 0 Å². The van der Waals surface area contributed by atoms with Crippen molar-refractivity contribution in [1.29, 1.82) is 0 Å². The van der Waals surface area contributed by atoms with Crippen LogP contribution in [0.3, 0.4) is 0 Å². The van der Waals surface area contributed by atoms with Crippen molar-refractivity contribution in [2.75, 3.05) is 11.9 Å². The lowest BCUT2D eigenvalue weighted by atomic mass is 10.1. The van der Waals surface area contributed by atoms with Gasteiger partial charge >= 0.3 is 6.18 Å². The van der Waals surface area contributed by atoms with Crippen LogP contribution < -0.4 is 11.1 Å². The summed E-state index contributed by atoms with van der Waals surface area (Å²) < 4.78 is 37.2. The molecule has 0 aliphatic heterocycles. The summed E-state index contributed by atoms with van der Waals surface area (Å²) in [5, 5.41) is 2.99. The van der Waals surface area contributed by atoms with Gasteiger partial charge in [-0.15, -0.1) is 0 Å². The van der Waals surface area contributed by atoms with Crippen molar-refractivity contribution in [3.63, 3.8) is 0 Å². The number of hydrogen-bond donors (Lipinski definition) is 2. The number of benzene rings is 1. The second kappa shape index (κ2) is 6.58. The fraction of sp³-hybridized carbons (Fsp3) is 0.267. The average molecular weight is 295 g/mol. The Morgan fingerprint density at radius 3 is 2.19 bits per heavy atom. The van der Waals surface area contributed by atoms with Crippen molar-refractivity contribution < 1.29 is 13.2 Å². The third kappa shape index (κ3) is 4.46. The minimum atomic E-state index is -4.36. The summed E-state index contributed by atoms with van der Waals surface area (Å²) >= 11 is 0. The number of rotatable bonds is 5. The summed E-state index contributed by atoms with van der Waals surface area (Å²) in [5.41, 5.74) is 6.91. The first kappa shape index (κ1) is 15.3. The van der Waals surface area contributed by atoms with Gasteiger partial charge < -0.3 is 11.1 Å². The lowest BCUT2D eigenvalue weighted by molar-refractivity contribution is -0.137. The molecule has 0 spiro atoms. The highest BCUT2D eigenvalue weighted by Crippen LogP contribution is 2.28. The van der Waals surface area contributed by atoms with Crippen LogP contribution in [-0.2, 0) is 19.1 Å². The first-order chi connectivity index (χ1) is 9.99. The van der Waals surface area contributed by atoms with Crippen molar-refractivity contribution in [2.45, 2.75) is 19.1 Å². The minimum absolute atomic E-state index is 0.411. The molecule has 6 heteroatoms. The van der Waals surface area contributed by atoms with E-state index in [-0.39, 0.29) is 0 Å². The van der Waals surface area contributed by atoms with E-state index in [1.807, 2.05) is 24.3 Å². The molecule has 0 saturated carbocycles. The highest BCUT2D eigenvalue weighted by molar-refractivity contribution is 5.37. The molecule has 2 aromatic rings. The van der Waals surface area contributed by atoms with Gasteiger partial charge in [-0.05, 0) is 36.2 Å². The van der Waals surface area contributed by atoms with Crippen LogP contribution in [-0.4, -0.2) is 11.5 Å². The Hall–Kier alpha value is -2.08. The number of pyridine rings is 1. The van der Waals surface area contributed by atoms with Crippen LogP contribution in [0.15, 0.2) is 42.6 Å². The fourth-order valence-electron chi connectivity index (χ4n) is 1.85. The molecule has 21 heavy (non-hydrogen) atoms. The Balaban J connectivity index is 1.93. The molecule has 0 aliphatic carbocycles. The van der Waals surface area contributed by atoms with Crippen molar-refractivity contribution in [3.05, 3.63) is 59.3 Å². The fourth-order valence-corrected chi connectivity index (χ4v) is 1.85. The molecule has 0 saturated heterocycles. The molecule has 0 bridgehead atoms. The summed E-state index contributed by atoms with van der Waals surface area (Å²) in [5.74, 6) is 0.411. The number of anilines is 1. The Bertz CT molecular complexity index is 562. The van der Waals surface area contributed by atoms with Gasteiger partial charge in [-0.3, -0.25) is 0 Å². The summed E-state index contributed by atoms with van der Waals surface area (Å²) in [4.78, 5) is 3.76. The average Bonchev–Trinajstić information content (AvgIpc) is 2.46. The van der Waals surface area contributed by atoms with Crippen LogP contribution in [0.1, 0.15) is 16.7 Å². The van der Waals surface area contributed by atoms with Gasteiger partial charge in [-0.2, -0.15) is 13.2 Å². The number of hydrogen-bond acceptors (Lipinski definition) is 3. The normalized spacial score (nSPS) is 11.4. The predicted octanol–water partition coefficient (Wildman–Crippen LogP) is 3.21. The van der Waals surface area contributed by atoms with Crippen molar-refractivity contribution in [3.8, 4) is 0 Å². The number of nitrogens with one attached hydrogen (secondary N) is 1. The van der Waals surface area contributed by atoms with Gasteiger partial charge in [0.1, 0.15) is 5.82 Å². The summed E-state index contributed by atoms with van der Waals surface area (Å²) in [6.45, 7) is 1.11. The highest BCUT2D eigenvalue weighted by atomic mass is 19.4. The molecule has 3 N–H and O–H groups in total. The highest BCUT2D eigenvalue weighted by Gasteiger charge is 2.30. The van der Waals surface area contributed by atoms with Gasteiger partial charge in [0, 0.05) is 12.7 Å². The largest absolute Gasteiger partial charge is 0.417 e. The molecule has 112 valence electrons. The number of nitrogens with zero attached hydrogens (tertiary/aromatic N) is 1. The Kier molecular flexibility index (Phi) is 4.80. The number of aromatic nitrogens is 1. The molecule has 2 rings (SSSR count). The predicted molar refractivity (Wildman–Crippen MR) is 75.8 cm³/mol. The Labute approximate surface area is 121 Å². The lowest BCUT2D eigenvalue weighted by Gasteiger charge is -2.09. The van der Waals surface area contributed by atoms with Crippen LogP contribution in [0, 0.1) is 0 Å². The maximum atomic E-state index is 12.4. The standard InChI is InChI=1S/C15H16F3N3/c16-15(17,18)13-5-6-14(21-10-13)20-9-12-3-1-11(2-4-12)7-8-19/h1-6,10H,7-9,19H2,(H,20,21). The molecule has 0 unspecified atom stereocenters. The zero-order valence-electron chi connectivity index (χ0n) is 11.3. The number of alkyl halides is 3. The molecule has 1 heterocycles. The van der Waals surface area contributed by atoms with E-state index in [1.165, 1.54) is 6.07 Å². The van der Waals surface area contributed by atoms with Gasteiger partial charge in [0.2, 0.25) is 0 Å². The third-order valence-electron chi connectivity index (χ3n) is 3.02. The van der Waals surface area contributed by atoms with E-state index in [4.69, 9.17) is 5.73 Å². The van der Waals surface area contributed by atoms with E-state index in [9.17, 15) is 13.2 Å². The number of halogens is 3. The van der Waals surface area contributed by atoms with E-state index in [0.717, 1.165) is 29.8 Å². The van der Waals surface area contributed by atoms with E-state index >= 15 is 0 Å². The smallest absolute Gasteiger partial charge is 0.366 e. The minimum Gasteiger partial charge on any atom is -0.366 e. The summed E-state index contributed by atoms with van der Waals surface area (Å²) in [7, 11) is 0. The second-order valence-corrected chi connectivity index (χ2v) is 4.64. The molecule has 0 fully saturated rings. The van der Waals surface area contributed by atoms with Crippen LogP contribution in [0.5, 0.6) is 0 Å². The zero-order valence-corrected chi connectivity index (χ0v) is 11.3. The first-order valence-corrected chi connectivity index (χ1v) is 6.54. The maximum Gasteiger partial charge on any atom is 0.417 e. The van der Waals surface area contributed by atoms with Gasteiger partial charge in [0.25, 0.3) is 0 Å². The Morgan fingerprint density at radius 2 is 1.67 bits per heavy atom. The summed E-state index contributed by atoms with van der Waals surface area (Å²) in [6.07, 6.45) is -2.70. The van der Waals surface area contributed by atoms with E-state index in [0.29, 0.717) is 18.9 Å². The van der Waals surface area contributed by atoms with Crippen molar-refractivity contribution >= 4 is 5.82 Å². The number of nitrogens with two attached hydrogens (primary N) is 1. The summed E-state index contributed by atoms with van der Waals surface area (Å²) in [6, 6.07) is 10.2. The maximum absolute atomic E-state index is 12.4. The SMILES string of the molecule is NCCc1ccc(CNc2ccc(C(F)(F)F)cn2)cc1. The molecule has 0 aliphatic rings. The van der Waals surface area contributed by atoms with Crippen LogP contribution in [0.25, 0.3) is 0 Å². The van der Waals surface area contributed by atoms with Gasteiger partial charge in [0.15, 0.2) is 0 Å². The van der Waals surface area contributed by atoms with Crippen molar-refractivity contribution in [1.82, 2.24) is 4.98 Å². The molecular weight excluding hydrogens is 279 g/mol. The zero-order chi connectivity index (χ0) is 15.3. The van der Waals surface area contributed by atoms with Crippen LogP contribution >= 0.6 is 0 Å². The topological polar surface area (TPSA) is 50.9 Å². The van der Waals surface area contributed by atoms with E-state index < -0.39 is 11.7 Å². The van der Waals surface area contributed by atoms with Gasteiger partial charge in [-0.1, -0.05) is 24.3 Å². The second-order valence-electron chi connectivity index (χ2n) is 4.64. The first-order valence-electron chi connectivity index (χ1n) is 6.54. The van der Waals surface area contributed by atoms with Gasteiger partial charge in [0.05, 0.1) is 5.56 Å². The van der Waals surface area contributed by atoms with Crippen molar-refractivity contribution in [2.24, 2.45) is 5.73 Å². The molecule has 0 atom stereocenters. The van der Waals surface area contributed by atoms with Crippen LogP contribution in [0.4, 0.5) is 19.0 Å².